The first kappa shape index (κ1) is 19.1. The number of pyridine rings is 1. The van der Waals surface area contributed by atoms with Gasteiger partial charge in [0.2, 0.25) is 5.56 Å². The number of benzene rings is 1. The molecule has 1 saturated heterocycles. The van der Waals surface area contributed by atoms with Crippen LogP contribution >= 0.6 is 0 Å². The molecule has 3 rings (SSSR count). The van der Waals surface area contributed by atoms with E-state index in [4.69, 9.17) is 4.74 Å². The van der Waals surface area contributed by atoms with E-state index >= 15 is 0 Å². The molecular weight excluding hydrogens is 372 g/mol. The predicted molar refractivity (Wildman–Crippen MR) is 99.3 cm³/mol. The van der Waals surface area contributed by atoms with Crippen molar-refractivity contribution < 1.29 is 22.7 Å². The summed E-state index contributed by atoms with van der Waals surface area (Å²) in [4.78, 5) is 40.6. The highest BCUT2D eigenvalue weighted by Gasteiger charge is 2.34. The van der Waals surface area contributed by atoms with Crippen LogP contribution in [-0.2, 0) is 19.4 Å². The lowest BCUT2D eigenvalue weighted by molar-refractivity contribution is -0.136. The van der Waals surface area contributed by atoms with E-state index in [1.165, 1.54) is 4.90 Å². The highest BCUT2D eigenvalue weighted by molar-refractivity contribution is 7.91. The van der Waals surface area contributed by atoms with Gasteiger partial charge in [0.1, 0.15) is 0 Å². The lowest BCUT2D eigenvalue weighted by Crippen LogP contribution is -2.43. The van der Waals surface area contributed by atoms with Crippen LogP contribution in [0.2, 0.25) is 0 Å². The quantitative estimate of drug-likeness (QED) is 0.750. The number of fused-ring (bicyclic) bond motifs is 1. The van der Waals surface area contributed by atoms with Gasteiger partial charge in [-0.25, -0.2) is 13.2 Å². The van der Waals surface area contributed by atoms with Crippen LogP contribution in [0.5, 0.6) is 0 Å². The van der Waals surface area contributed by atoms with Crippen LogP contribution < -0.4 is 5.56 Å². The lowest BCUT2D eigenvalue weighted by Gasteiger charge is -2.26. The molecular formula is C18H20N2O6S. The van der Waals surface area contributed by atoms with Gasteiger partial charge in [0.15, 0.2) is 16.4 Å². The average Bonchev–Trinajstić information content (AvgIpc) is 2.99. The van der Waals surface area contributed by atoms with Gasteiger partial charge in [-0.2, -0.15) is 0 Å². The molecule has 0 aliphatic carbocycles. The second kappa shape index (κ2) is 7.51. The molecule has 1 atom stereocenters. The Kier molecular flexibility index (Phi) is 5.31. The van der Waals surface area contributed by atoms with Crippen molar-refractivity contribution in [2.45, 2.75) is 19.4 Å². The Morgan fingerprint density at radius 2 is 2.04 bits per heavy atom. The molecule has 27 heavy (non-hydrogen) atoms. The first-order chi connectivity index (χ1) is 12.8. The SMILES string of the molecule is CCN(C(=O)COC(=O)c1cc(=O)[nH]c2ccccc12)[C@H]1CCS(=O)(=O)C1. The summed E-state index contributed by atoms with van der Waals surface area (Å²) in [7, 11) is -3.13. The minimum Gasteiger partial charge on any atom is -0.452 e. The predicted octanol–water partition coefficient (Wildman–Crippen LogP) is 0.720. The third-order valence-electron chi connectivity index (χ3n) is 4.61. The molecule has 144 valence electrons. The van der Waals surface area contributed by atoms with Gasteiger partial charge in [0.05, 0.1) is 17.1 Å². The van der Waals surface area contributed by atoms with Crippen LogP contribution in [0.4, 0.5) is 0 Å². The maximum absolute atomic E-state index is 12.4. The van der Waals surface area contributed by atoms with Crippen molar-refractivity contribution >= 4 is 32.6 Å². The molecule has 2 aromatic rings. The van der Waals surface area contributed by atoms with Crippen molar-refractivity contribution in [3.05, 3.63) is 46.2 Å². The van der Waals surface area contributed by atoms with E-state index in [0.29, 0.717) is 23.9 Å². The van der Waals surface area contributed by atoms with Gasteiger partial charge < -0.3 is 14.6 Å². The third-order valence-corrected chi connectivity index (χ3v) is 6.36. The summed E-state index contributed by atoms with van der Waals surface area (Å²) < 4.78 is 28.4. The molecule has 1 amide bonds. The highest BCUT2D eigenvalue weighted by atomic mass is 32.2. The zero-order valence-corrected chi connectivity index (χ0v) is 15.6. The van der Waals surface area contributed by atoms with Crippen molar-refractivity contribution in [3.8, 4) is 0 Å². The number of H-pyrrole nitrogens is 1. The van der Waals surface area contributed by atoms with E-state index < -0.39 is 39.9 Å². The van der Waals surface area contributed by atoms with Crippen LogP contribution in [0.15, 0.2) is 35.1 Å². The molecule has 1 aliphatic heterocycles. The number of para-hydroxylation sites is 1. The minimum atomic E-state index is -3.13. The molecule has 1 fully saturated rings. The molecule has 0 saturated carbocycles. The number of carbonyl (C=O) groups is 2. The van der Waals surface area contributed by atoms with E-state index in [1.54, 1.807) is 31.2 Å². The Bertz CT molecular complexity index is 1040. The number of hydrogen-bond acceptors (Lipinski definition) is 6. The van der Waals surface area contributed by atoms with E-state index in [1.807, 2.05) is 0 Å². The first-order valence-corrected chi connectivity index (χ1v) is 10.4. The highest BCUT2D eigenvalue weighted by Crippen LogP contribution is 2.19. The number of rotatable bonds is 5. The number of aromatic nitrogens is 1. The number of hydrogen-bond donors (Lipinski definition) is 1. The smallest absolute Gasteiger partial charge is 0.339 e. The number of carbonyl (C=O) groups excluding carboxylic acids is 2. The van der Waals surface area contributed by atoms with E-state index in [9.17, 15) is 22.8 Å². The number of nitrogens with one attached hydrogen (secondary N) is 1. The number of aromatic amines is 1. The Hall–Kier alpha value is -2.68. The fraction of sp³-hybridized carbons (Fsp3) is 0.389. The third kappa shape index (κ3) is 4.19. The van der Waals surface area contributed by atoms with Crippen molar-refractivity contribution in [1.29, 1.82) is 0 Å². The van der Waals surface area contributed by atoms with Crippen molar-refractivity contribution in [1.82, 2.24) is 9.88 Å². The van der Waals surface area contributed by atoms with Gasteiger partial charge in [0.25, 0.3) is 5.91 Å². The largest absolute Gasteiger partial charge is 0.452 e. The topological polar surface area (TPSA) is 114 Å². The van der Waals surface area contributed by atoms with Crippen LogP contribution in [0.25, 0.3) is 10.9 Å². The maximum Gasteiger partial charge on any atom is 0.339 e. The normalized spacial score (nSPS) is 18.3. The summed E-state index contributed by atoms with van der Waals surface area (Å²) in [6.45, 7) is 1.56. The number of sulfone groups is 1. The minimum absolute atomic E-state index is 0.0556. The van der Waals surface area contributed by atoms with Crippen LogP contribution in [0.1, 0.15) is 23.7 Å². The van der Waals surface area contributed by atoms with Gasteiger partial charge in [-0.05, 0) is 19.4 Å². The Labute approximate surface area is 156 Å². The molecule has 2 heterocycles. The molecule has 0 bridgehead atoms. The molecule has 1 N–H and O–H groups in total. The van der Waals surface area contributed by atoms with Gasteiger partial charge in [-0.3, -0.25) is 9.59 Å². The number of ether oxygens (including phenoxy) is 1. The fourth-order valence-corrected chi connectivity index (χ4v) is 5.05. The second-order valence-corrected chi connectivity index (χ2v) is 8.63. The van der Waals surface area contributed by atoms with E-state index in [0.717, 1.165) is 6.07 Å². The second-order valence-electron chi connectivity index (χ2n) is 6.41. The number of nitrogens with zero attached hydrogens (tertiary/aromatic N) is 1. The van der Waals surface area contributed by atoms with Crippen LogP contribution in [0.3, 0.4) is 0 Å². The summed E-state index contributed by atoms with van der Waals surface area (Å²) in [5, 5.41) is 0.517. The van der Waals surface area contributed by atoms with Crippen LogP contribution in [0, 0.1) is 0 Å². The molecule has 0 unspecified atom stereocenters. The monoisotopic (exact) mass is 392 g/mol. The van der Waals surface area contributed by atoms with Gasteiger partial charge >= 0.3 is 5.97 Å². The standard InChI is InChI=1S/C18H20N2O6S/c1-2-20(12-7-8-27(24,25)11-12)17(22)10-26-18(23)14-9-16(21)19-15-6-4-3-5-13(14)15/h3-6,9,12H,2,7-8,10-11H2,1H3,(H,19,21)/t12-/m0/s1. The van der Waals surface area contributed by atoms with Crippen molar-refractivity contribution in [2.75, 3.05) is 24.7 Å². The van der Waals surface area contributed by atoms with Gasteiger partial charge in [-0.15, -0.1) is 0 Å². The number of amides is 1. The number of likely N-dealkylation sites (N-methyl/N-ethyl adjacent to an activating group) is 1. The summed E-state index contributed by atoms with van der Waals surface area (Å²) >= 11 is 0. The molecule has 9 heteroatoms. The molecule has 8 nitrogen and oxygen atoms in total. The zero-order chi connectivity index (χ0) is 19.6. The van der Waals surface area contributed by atoms with Crippen LogP contribution in [-0.4, -0.2) is 60.9 Å². The molecule has 0 spiro atoms. The maximum atomic E-state index is 12.4. The summed E-state index contributed by atoms with van der Waals surface area (Å²) in [5.74, 6) is -1.25. The molecule has 1 aliphatic rings. The Balaban J connectivity index is 1.72. The first-order valence-electron chi connectivity index (χ1n) is 8.60. The Morgan fingerprint density at radius 3 is 2.70 bits per heavy atom. The fourth-order valence-electron chi connectivity index (χ4n) is 3.32. The lowest BCUT2D eigenvalue weighted by atomic mass is 10.1. The van der Waals surface area contributed by atoms with E-state index in [2.05, 4.69) is 4.98 Å². The Morgan fingerprint density at radius 1 is 1.30 bits per heavy atom. The number of esters is 1. The molecule has 0 radical (unpaired) electrons. The van der Waals surface area contributed by atoms with Crippen molar-refractivity contribution in [2.24, 2.45) is 0 Å². The van der Waals surface area contributed by atoms with E-state index in [-0.39, 0.29) is 17.1 Å². The summed E-state index contributed by atoms with van der Waals surface area (Å²) in [6, 6.07) is 7.53. The molecule has 1 aromatic carbocycles. The summed E-state index contributed by atoms with van der Waals surface area (Å²) in [5.41, 5.74) is 0.126. The van der Waals surface area contributed by atoms with Gasteiger partial charge in [0, 0.05) is 29.6 Å². The zero-order valence-electron chi connectivity index (χ0n) is 14.8. The molecule has 1 aromatic heterocycles. The summed E-state index contributed by atoms with van der Waals surface area (Å²) in [6.07, 6.45) is 0.383. The van der Waals surface area contributed by atoms with Crippen molar-refractivity contribution in [3.63, 3.8) is 0 Å². The van der Waals surface area contributed by atoms with Gasteiger partial charge in [-0.1, -0.05) is 18.2 Å². The average molecular weight is 392 g/mol.